The van der Waals surface area contributed by atoms with Gasteiger partial charge in [-0.05, 0) is 49.7 Å². The lowest BCUT2D eigenvalue weighted by molar-refractivity contribution is 0.436. The zero-order valence-electron chi connectivity index (χ0n) is 15.0. The number of rotatable bonds is 4. The Balaban J connectivity index is 1.68. The zero-order chi connectivity index (χ0) is 17.9. The predicted octanol–water partition coefficient (Wildman–Crippen LogP) is 3.14. The molecule has 2 aromatic carbocycles. The number of nitriles is 1. The number of benzene rings is 2. The Bertz CT molecular complexity index is 927. The lowest BCUT2D eigenvalue weighted by Gasteiger charge is -2.32. The minimum absolute atomic E-state index is 0.600. The number of aromatic nitrogens is 2. The highest BCUT2D eigenvalue weighted by Gasteiger charge is 2.22. The van der Waals surface area contributed by atoms with Crippen molar-refractivity contribution in [2.45, 2.75) is 25.4 Å². The second-order valence-corrected chi connectivity index (χ2v) is 6.85. The monoisotopic (exact) mass is 345 g/mol. The molecule has 1 saturated heterocycles. The third-order valence-corrected chi connectivity index (χ3v) is 5.24. The van der Waals surface area contributed by atoms with Gasteiger partial charge in [-0.1, -0.05) is 24.3 Å². The van der Waals surface area contributed by atoms with Crippen LogP contribution in [0, 0.1) is 11.3 Å². The lowest BCUT2D eigenvalue weighted by atomic mass is 10.1. The van der Waals surface area contributed by atoms with Crippen molar-refractivity contribution < 1.29 is 0 Å². The van der Waals surface area contributed by atoms with E-state index in [-0.39, 0.29) is 0 Å². The van der Waals surface area contributed by atoms with E-state index in [9.17, 15) is 0 Å². The predicted molar refractivity (Wildman–Crippen MR) is 104 cm³/mol. The van der Waals surface area contributed by atoms with Crippen LogP contribution in [0.5, 0.6) is 0 Å². The molecule has 0 saturated carbocycles. The van der Waals surface area contributed by atoms with Crippen LogP contribution in [0.25, 0.3) is 11.0 Å². The molecule has 1 aliphatic rings. The first kappa shape index (κ1) is 16.6. The molecule has 26 heavy (non-hydrogen) atoms. The number of piperidine rings is 1. The Hall–Kier alpha value is -2.84. The van der Waals surface area contributed by atoms with Crippen molar-refractivity contribution in [3.63, 3.8) is 0 Å². The van der Waals surface area contributed by atoms with Crippen LogP contribution >= 0.6 is 0 Å². The van der Waals surface area contributed by atoms with Crippen molar-refractivity contribution in [1.82, 2.24) is 14.9 Å². The SMILES string of the molecule is CNC1CCN(c2nc3ccccc3n2Cc2ccc(C#N)cc2)CC1. The van der Waals surface area contributed by atoms with Crippen molar-refractivity contribution in [2.75, 3.05) is 25.0 Å². The summed E-state index contributed by atoms with van der Waals surface area (Å²) in [5.74, 6) is 1.05. The first-order valence-corrected chi connectivity index (χ1v) is 9.15. The smallest absolute Gasteiger partial charge is 0.206 e. The normalized spacial score (nSPS) is 15.3. The molecule has 1 fully saturated rings. The van der Waals surface area contributed by atoms with Crippen LogP contribution in [0.2, 0.25) is 0 Å². The fourth-order valence-corrected chi connectivity index (χ4v) is 3.70. The maximum atomic E-state index is 9.01. The topological polar surface area (TPSA) is 56.9 Å². The van der Waals surface area contributed by atoms with Crippen LogP contribution in [0.1, 0.15) is 24.0 Å². The van der Waals surface area contributed by atoms with E-state index in [1.807, 2.05) is 37.4 Å². The lowest BCUT2D eigenvalue weighted by Crippen LogP contribution is -2.42. The molecule has 0 unspecified atom stereocenters. The quantitative estimate of drug-likeness (QED) is 0.789. The zero-order valence-corrected chi connectivity index (χ0v) is 15.0. The van der Waals surface area contributed by atoms with Gasteiger partial charge in [0.25, 0.3) is 0 Å². The minimum Gasteiger partial charge on any atom is -0.342 e. The first-order chi connectivity index (χ1) is 12.8. The summed E-state index contributed by atoms with van der Waals surface area (Å²) < 4.78 is 2.30. The molecule has 0 atom stereocenters. The van der Waals surface area contributed by atoms with Gasteiger partial charge >= 0.3 is 0 Å². The number of para-hydroxylation sites is 2. The second kappa shape index (κ2) is 7.19. The highest BCUT2D eigenvalue weighted by molar-refractivity contribution is 5.79. The van der Waals surface area contributed by atoms with Crippen LogP contribution < -0.4 is 10.2 Å². The number of nitrogens with one attached hydrogen (secondary N) is 1. The Morgan fingerprint density at radius 3 is 2.54 bits per heavy atom. The molecule has 5 heteroatoms. The molecule has 1 aliphatic heterocycles. The van der Waals surface area contributed by atoms with Gasteiger partial charge in [0.1, 0.15) is 0 Å². The fraction of sp³-hybridized carbons (Fsp3) is 0.333. The largest absolute Gasteiger partial charge is 0.342 e. The molecule has 0 aliphatic carbocycles. The highest BCUT2D eigenvalue weighted by Crippen LogP contribution is 2.26. The minimum atomic E-state index is 0.600. The highest BCUT2D eigenvalue weighted by atomic mass is 15.3. The Morgan fingerprint density at radius 1 is 1.12 bits per heavy atom. The molecule has 3 aromatic rings. The molecular weight excluding hydrogens is 322 g/mol. The summed E-state index contributed by atoms with van der Waals surface area (Å²) >= 11 is 0. The third kappa shape index (κ3) is 3.16. The van der Waals surface area contributed by atoms with E-state index in [1.54, 1.807) is 0 Å². The molecule has 132 valence electrons. The van der Waals surface area contributed by atoms with Gasteiger partial charge < -0.3 is 14.8 Å². The fourth-order valence-electron chi connectivity index (χ4n) is 3.70. The van der Waals surface area contributed by atoms with E-state index in [0.717, 1.165) is 49.5 Å². The molecule has 1 N–H and O–H groups in total. The molecule has 1 aromatic heterocycles. The number of nitrogens with zero attached hydrogens (tertiary/aromatic N) is 4. The van der Waals surface area contributed by atoms with Gasteiger partial charge in [-0.15, -0.1) is 0 Å². The van der Waals surface area contributed by atoms with Crippen molar-refractivity contribution in [1.29, 1.82) is 5.26 Å². The summed E-state index contributed by atoms with van der Waals surface area (Å²) in [7, 11) is 2.04. The van der Waals surface area contributed by atoms with Gasteiger partial charge in [0, 0.05) is 19.1 Å². The van der Waals surface area contributed by atoms with Gasteiger partial charge in [0.15, 0.2) is 0 Å². The molecule has 0 amide bonds. The summed E-state index contributed by atoms with van der Waals surface area (Å²) in [6.45, 7) is 2.79. The van der Waals surface area contributed by atoms with E-state index in [1.165, 1.54) is 5.56 Å². The maximum absolute atomic E-state index is 9.01. The summed E-state index contributed by atoms with van der Waals surface area (Å²) in [5.41, 5.74) is 4.06. The van der Waals surface area contributed by atoms with Gasteiger partial charge in [-0.2, -0.15) is 5.26 Å². The molecule has 0 spiro atoms. The molecule has 0 radical (unpaired) electrons. The van der Waals surface area contributed by atoms with Crippen molar-refractivity contribution in [3.05, 3.63) is 59.7 Å². The average molecular weight is 345 g/mol. The number of anilines is 1. The van der Waals surface area contributed by atoms with Crippen molar-refractivity contribution >= 4 is 17.0 Å². The van der Waals surface area contributed by atoms with Crippen LogP contribution in [-0.4, -0.2) is 35.7 Å². The number of fused-ring (bicyclic) bond motifs is 1. The first-order valence-electron chi connectivity index (χ1n) is 9.15. The number of hydrogen-bond donors (Lipinski definition) is 1. The molecule has 4 rings (SSSR count). The van der Waals surface area contributed by atoms with Gasteiger partial charge in [0.05, 0.1) is 29.2 Å². The summed E-state index contributed by atoms with van der Waals surface area (Å²) in [5, 5.41) is 12.4. The average Bonchev–Trinajstić information content (AvgIpc) is 3.07. The van der Waals surface area contributed by atoms with Crippen molar-refractivity contribution in [2.24, 2.45) is 0 Å². The van der Waals surface area contributed by atoms with E-state index < -0.39 is 0 Å². The molecular formula is C21H23N5. The Morgan fingerprint density at radius 2 is 1.85 bits per heavy atom. The second-order valence-electron chi connectivity index (χ2n) is 6.85. The summed E-state index contributed by atoms with van der Waals surface area (Å²) in [6, 6.07) is 18.9. The standard InChI is InChI=1S/C21H23N5/c1-23-18-10-12-25(13-11-18)21-24-19-4-2-3-5-20(19)26(21)15-17-8-6-16(14-22)7-9-17/h2-9,18,23H,10-13,15H2,1H3. The molecule has 2 heterocycles. The van der Waals surface area contributed by atoms with E-state index in [4.69, 9.17) is 10.2 Å². The van der Waals surface area contributed by atoms with Gasteiger partial charge in [-0.25, -0.2) is 4.98 Å². The van der Waals surface area contributed by atoms with Crippen molar-refractivity contribution in [3.8, 4) is 6.07 Å². The van der Waals surface area contributed by atoms with E-state index in [2.05, 4.69) is 39.1 Å². The summed E-state index contributed by atoms with van der Waals surface area (Å²) in [4.78, 5) is 7.33. The maximum Gasteiger partial charge on any atom is 0.206 e. The van der Waals surface area contributed by atoms with Crippen LogP contribution in [-0.2, 0) is 6.54 Å². The Labute approximate surface area is 153 Å². The number of hydrogen-bond acceptors (Lipinski definition) is 4. The Kier molecular flexibility index (Phi) is 4.59. The van der Waals surface area contributed by atoms with Gasteiger partial charge in [0.2, 0.25) is 5.95 Å². The third-order valence-electron chi connectivity index (χ3n) is 5.24. The van der Waals surface area contributed by atoms with E-state index >= 15 is 0 Å². The molecule has 0 bridgehead atoms. The number of imidazole rings is 1. The van der Waals surface area contributed by atoms with E-state index in [0.29, 0.717) is 11.6 Å². The van der Waals surface area contributed by atoms with Crippen LogP contribution in [0.4, 0.5) is 5.95 Å². The summed E-state index contributed by atoms with van der Waals surface area (Å²) in [6.07, 6.45) is 2.27. The molecule has 5 nitrogen and oxygen atoms in total. The van der Waals surface area contributed by atoms with Crippen LogP contribution in [0.15, 0.2) is 48.5 Å². The van der Waals surface area contributed by atoms with Crippen LogP contribution in [0.3, 0.4) is 0 Å². The van der Waals surface area contributed by atoms with Gasteiger partial charge in [-0.3, -0.25) is 0 Å².